The Morgan fingerprint density at radius 2 is 1.15 bits per heavy atom. The van der Waals surface area contributed by atoms with Crippen molar-refractivity contribution in [1.82, 2.24) is 14.9 Å². The van der Waals surface area contributed by atoms with Gasteiger partial charge >= 0.3 is 0 Å². The summed E-state index contributed by atoms with van der Waals surface area (Å²) in [5, 5.41) is 8.47. The van der Waals surface area contributed by atoms with Crippen molar-refractivity contribution >= 4 is 44.0 Å². The summed E-state index contributed by atoms with van der Waals surface area (Å²) < 4.78 is 2.32. The highest BCUT2D eigenvalue weighted by Crippen LogP contribution is 2.38. The number of allylic oxidation sites excluding steroid dienone is 1. The van der Waals surface area contributed by atoms with Crippen molar-refractivity contribution in [2.75, 3.05) is 0 Å². The molecule has 9 rings (SSSR count). The normalized spacial score (nSPS) is 14.6. The number of nitrogens with zero attached hydrogens (tertiary/aromatic N) is 3. The summed E-state index contributed by atoms with van der Waals surface area (Å²) in [7, 11) is 0. The first kappa shape index (κ1) is 27.1. The van der Waals surface area contributed by atoms with E-state index in [2.05, 4.69) is 168 Å². The number of imidazole rings is 1. The van der Waals surface area contributed by atoms with Crippen LogP contribution in [0.4, 0.5) is 0 Å². The van der Waals surface area contributed by atoms with E-state index in [1.807, 2.05) is 12.1 Å². The molecule has 1 unspecified atom stereocenters. The molecule has 47 heavy (non-hydrogen) atoms. The van der Waals surface area contributed by atoms with Crippen molar-refractivity contribution in [1.29, 1.82) is 0 Å². The standard InChI is InChI=1S/C43H30N4/c1-5-13-30(14-6-1)38-28-39(31-15-7-2-8-16-31)45-42(44-38)34-24-22-29-21-23-32-25-26-37-41(40(32)36(29)27-34)47(35-19-11-4-12-20-35)43(46-37)33-17-9-3-10-18-33/h1-28,42,44H. The van der Waals surface area contributed by atoms with Crippen LogP contribution in [0.1, 0.15) is 22.9 Å². The molecule has 1 aliphatic rings. The fourth-order valence-corrected chi connectivity index (χ4v) is 6.74. The third-order valence-electron chi connectivity index (χ3n) is 9.00. The Labute approximate surface area is 273 Å². The zero-order valence-electron chi connectivity index (χ0n) is 25.6. The van der Waals surface area contributed by atoms with E-state index in [0.717, 1.165) is 56.2 Å². The summed E-state index contributed by atoms with van der Waals surface area (Å²) in [4.78, 5) is 10.5. The first-order valence-corrected chi connectivity index (χ1v) is 16.0. The predicted octanol–water partition coefficient (Wildman–Crippen LogP) is 10.1. The van der Waals surface area contributed by atoms with Crippen molar-refractivity contribution in [2.24, 2.45) is 4.99 Å². The lowest BCUT2D eigenvalue weighted by Crippen LogP contribution is -2.24. The Morgan fingerprint density at radius 1 is 0.553 bits per heavy atom. The van der Waals surface area contributed by atoms with Crippen LogP contribution in [0.2, 0.25) is 0 Å². The van der Waals surface area contributed by atoms with Gasteiger partial charge in [-0.3, -0.25) is 9.56 Å². The summed E-state index contributed by atoms with van der Waals surface area (Å²) >= 11 is 0. The van der Waals surface area contributed by atoms with Crippen molar-refractivity contribution in [3.8, 4) is 17.1 Å². The van der Waals surface area contributed by atoms with Crippen molar-refractivity contribution in [3.63, 3.8) is 0 Å². The van der Waals surface area contributed by atoms with Crippen LogP contribution in [0.25, 0.3) is 55.4 Å². The third kappa shape index (κ3) is 4.79. The molecule has 1 aliphatic heterocycles. The van der Waals surface area contributed by atoms with Gasteiger partial charge in [0.05, 0.1) is 16.7 Å². The van der Waals surface area contributed by atoms with Gasteiger partial charge in [0.25, 0.3) is 0 Å². The minimum absolute atomic E-state index is 0.261. The SMILES string of the molecule is C1=C(c2ccccc2)NC(c2ccc3ccc4ccc5nc(-c6ccccc6)n(-c6ccccc6)c5c4c3c2)N=C1c1ccccc1. The molecule has 2 heterocycles. The van der Waals surface area contributed by atoms with Gasteiger partial charge in [-0.1, -0.05) is 140 Å². The Kier molecular flexibility index (Phi) is 6.50. The summed E-state index contributed by atoms with van der Waals surface area (Å²) in [6.45, 7) is 0. The number of aliphatic imine (C=N–C) groups is 1. The van der Waals surface area contributed by atoms with Gasteiger partial charge in [0.2, 0.25) is 0 Å². The maximum absolute atomic E-state index is 5.27. The fraction of sp³-hybridized carbons (Fsp3) is 0.0233. The molecular weight excluding hydrogens is 573 g/mol. The van der Waals surface area contributed by atoms with Crippen LogP contribution in [-0.2, 0) is 0 Å². The summed E-state index contributed by atoms with van der Waals surface area (Å²) in [6, 6.07) is 57.5. The van der Waals surface area contributed by atoms with Gasteiger partial charge in [0.15, 0.2) is 0 Å². The van der Waals surface area contributed by atoms with Crippen LogP contribution < -0.4 is 5.32 Å². The average molecular weight is 603 g/mol. The number of para-hydroxylation sites is 1. The fourth-order valence-electron chi connectivity index (χ4n) is 6.74. The second kappa shape index (κ2) is 11.3. The smallest absolute Gasteiger partial charge is 0.145 e. The van der Waals surface area contributed by atoms with Gasteiger partial charge in [0, 0.05) is 22.3 Å². The summed E-state index contributed by atoms with van der Waals surface area (Å²) in [5.74, 6) is 0.927. The minimum atomic E-state index is -0.261. The van der Waals surface area contributed by atoms with E-state index in [1.54, 1.807) is 0 Å². The topological polar surface area (TPSA) is 42.2 Å². The lowest BCUT2D eigenvalue weighted by atomic mass is 9.97. The van der Waals surface area contributed by atoms with Crippen molar-refractivity contribution in [2.45, 2.75) is 6.17 Å². The van der Waals surface area contributed by atoms with Crippen LogP contribution >= 0.6 is 0 Å². The second-order valence-corrected chi connectivity index (χ2v) is 11.9. The van der Waals surface area contributed by atoms with Crippen LogP contribution in [0.5, 0.6) is 0 Å². The molecule has 7 aromatic carbocycles. The maximum atomic E-state index is 5.27. The molecule has 0 bridgehead atoms. The number of fused-ring (bicyclic) bond motifs is 5. The monoisotopic (exact) mass is 602 g/mol. The van der Waals surface area contributed by atoms with Crippen LogP contribution in [0.3, 0.4) is 0 Å². The highest BCUT2D eigenvalue weighted by atomic mass is 15.1. The van der Waals surface area contributed by atoms with Crippen molar-refractivity contribution < 1.29 is 0 Å². The molecule has 0 fully saturated rings. The van der Waals surface area contributed by atoms with Crippen LogP contribution in [-0.4, -0.2) is 15.3 Å². The van der Waals surface area contributed by atoms with E-state index in [-0.39, 0.29) is 6.17 Å². The highest BCUT2D eigenvalue weighted by molar-refractivity contribution is 6.19. The zero-order chi connectivity index (χ0) is 31.2. The molecule has 222 valence electrons. The Hall–Kier alpha value is -6.26. The van der Waals surface area contributed by atoms with Crippen LogP contribution in [0.15, 0.2) is 175 Å². The Bertz CT molecular complexity index is 2460. The number of rotatable bonds is 5. The average Bonchev–Trinajstić information content (AvgIpc) is 3.56. The molecular formula is C43H30N4. The third-order valence-corrected chi connectivity index (χ3v) is 9.00. The molecule has 1 atom stereocenters. The number of benzene rings is 7. The lowest BCUT2D eigenvalue weighted by Gasteiger charge is -2.25. The lowest BCUT2D eigenvalue weighted by molar-refractivity contribution is 0.665. The van der Waals surface area contributed by atoms with Gasteiger partial charge in [-0.15, -0.1) is 0 Å². The van der Waals surface area contributed by atoms with E-state index in [0.29, 0.717) is 0 Å². The molecule has 0 spiro atoms. The molecule has 0 radical (unpaired) electrons. The quantitative estimate of drug-likeness (QED) is 0.199. The molecule has 1 N–H and O–H groups in total. The molecule has 0 saturated heterocycles. The molecule has 0 aliphatic carbocycles. The van der Waals surface area contributed by atoms with Gasteiger partial charge in [-0.2, -0.15) is 0 Å². The van der Waals surface area contributed by atoms with Gasteiger partial charge in [-0.25, -0.2) is 4.98 Å². The summed E-state index contributed by atoms with van der Waals surface area (Å²) in [5.41, 5.74) is 9.58. The second-order valence-electron chi connectivity index (χ2n) is 11.9. The van der Waals surface area contributed by atoms with Gasteiger partial charge in [-0.05, 0) is 63.2 Å². The largest absolute Gasteiger partial charge is 0.360 e. The molecule has 4 nitrogen and oxygen atoms in total. The first-order valence-electron chi connectivity index (χ1n) is 16.0. The number of nitrogens with one attached hydrogen (secondary N) is 1. The summed E-state index contributed by atoms with van der Waals surface area (Å²) in [6.07, 6.45) is 1.90. The molecule has 1 aromatic heterocycles. The van der Waals surface area contributed by atoms with Crippen molar-refractivity contribution in [3.05, 3.63) is 187 Å². The van der Waals surface area contributed by atoms with Gasteiger partial charge in [0.1, 0.15) is 12.0 Å². The Morgan fingerprint density at radius 3 is 1.87 bits per heavy atom. The molecule has 0 saturated carbocycles. The molecule has 0 amide bonds. The predicted molar refractivity (Wildman–Crippen MR) is 195 cm³/mol. The Balaban J connectivity index is 1.28. The number of hydrogen-bond acceptors (Lipinski definition) is 3. The van der Waals surface area contributed by atoms with E-state index in [9.17, 15) is 0 Å². The minimum Gasteiger partial charge on any atom is -0.360 e. The number of hydrogen-bond donors (Lipinski definition) is 1. The highest BCUT2D eigenvalue weighted by Gasteiger charge is 2.22. The maximum Gasteiger partial charge on any atom is 0.145 e. The molecule has 4 heteroatoms. The van der Waals surface area contributed by atoms with Gasteiger partial charge < -0.3 is 5.32 Å². The zero-order valence-corrected chi connectivity index (χ0v) is 25.6. The van der Waals surface area contributed by atoms with Crippen LogP contribution in [0, 0.1) is 0 Å². The van der Waals surface area contributed by atoms with E-state index in [4.69, 9.17) is 9.98 Å². The van der Waals surface area contributed by atoms with E-state index in [1.165, 1.54) is 21.5 Å². The molecule has 8 aromatic rings. The van der Waals surface area contributed by atoms with E-state index < -0.39 is 0 Å². The van der Waals surface area contributed by atoms with E-state index >= 15 is 0 Å². The number of aromatic nitrogens is 2. The first-order chi connectivity index (χ1) is 23.3.